The average molecular weight is 207 g/mol. The lowest BCUT2D eigenvalue weighted by Gasteiger charge is -2.68. The lowest BCUT2D eigenvalue weighted by molar-refractivity contribution is -0.183. The van der Waals surface area contributed by atoms with E-state index in [0.717, 1.165) is 24.9 Å². The molecule has 0 spiro atoms. The Hall–Kier alpha value is -0.990. The molecule has 3 nitrogen and oxygen atoms in total. The first-order valence-electron chi connectivity index (χ1n) is 5.76. The Balaban J connectivity index is 1.45. The molecule has 1 saturated heterocycles. The Morgan fingerprint density at radius 3 is 2.60 bits per heavy atom. The smallest absolute Gasteiger partial charge is 0.410 e. The van der Waals surface area contributed by atoms with E-state index in [1.165, 1.54) is 19.3 Å². The van der Waals surface area contributed by atoms with Crippen molar-refractivity contribution in [1.29, 1.82) is 0 Å². The van der Waals surface area contributed by atoms with Crippen LogP contribution in [0.25, 0.3) is 0 Å². The van der Waals surface area contributed by atoms with Crippen LogP contribution in [0.3, 0.4) is 0 Å². The molecule has 0 atom stereocenters. The molecule has 1 amide bonds. The average Bonchev–Trinajstić information content (AvgIpc) is 2.00. The maximum absolute atomic E-state index is 11.4. The predicted molar refractivity (Wildman–Crippen MR) is 56.4 cm³/mol. The van der Waals surface area contributed by atoms with Crippen LogP contribution < -0.4 is 0 Å². The number of carbonyl (C=O) groups is 1. The van der Waals surface area contributed by atoms with Crippen LogP contribution >= 0.6 is 0 Å². The largest absolute Gasteiger partial charge is 0.445 e. The van der Waals surface area contributed by atoms with E-state index in [1.807, 2.05) is 4.90 Å². The Bertz CT molecular complexity index is 290. The molecular weight excluding hydrogens is 190 g/mol. The first-order chi connectivity index (χ1) is 7.23. The summed E-state index contributed by atoms with van der Waals surface area (Å²) in [6.07, 6.45) is 5.71. The first kappa shape index (κ1) is 9.25. The molecule has 4 rings (SSSR count). The summed E-state index contributed by atoms with van der Waals surface area (Å²) in [4.78, 5) is 13.2. The molecule has 0 aromatic heterocycles. The van der Waals surface area contributed by atoms with Crippen molar-refractivity contribution in [1.82, 2.24) is 4.90 Å². The number of nitrogens with zero attached hydrogens (tertiary/aromatic N) is 1. The summed E-state index contributed by atoms with van der Waals surface area (Å²) in [5.41, 5.74) is 0.653. The zero-order valence-electron chi connectivity index (χ0n) is 8.95. The number of likely N-dealkylation sites (tertiary alicyclic amines) is 1. The van der Waals surface area contributed by atoms with Gasteiger partial charge in [0.1, 0.15) is 6.61 Å². The standard InChI is InChI=1S/C12H17NO2/c1-2-3-15-11(14)13-7-10(8-13)12-4-9(5-12)6-12/h2,9-10H,1,3-8H2. The lowest BCUT2D eigenvalue weighted by Crippen LogP contribution is -2.66. The highest BCUT2D eigenvalue weighted by Gasteiger charge is 2.62. The number of hydrogen-bond acceptors (Lipinski definition) is 2. The summed E-state index contributed by atoms with van der Waals surface area (Å²) in [6, 6.07) is 0. The molecule has 0 unspecified atom stereocenters. The number of carbonyl (C=O) groups excluding carboxylic acids is 1. The van der Waals surface area contributed by atoms with Crippen LogP contribution in [0.2, 0.25) is 0 Å². The van der Waals surface area contributed by atoms with Gasteiger partial charge in [-0.15, -0.1) is 0 Å². The quantitative estimate of drug-likeness (QED) is 0.663. The fourth-order valence-electron chi connectivity index (χ4n) is 3.28. The fourth-order valence-corrected chi connectivity index (χ4v) is 3.28. The SMILES string of the molecule is C=CCOC(=O)N1CC(C23CC(C2)C3)C1. The van der Waals surface area contributed by atoms with Crippen LogP contribution in [0.15, 0.2) is 12.7 Å². The molecule has 1 aliphatic heterocycles. The molecule has 4 aliphatic rings. The molecule has 0 N–H and O–H groups in total. The summed E-state index contributed by atoms with van der Waals surface area (Å²) in [5, 5.41) is 0. The molecule has 4 fully saturated rings. The van der Waals surface area contributed by atoms with E-state index in [1.54, 1.807) is 6.08 Å². The first-order valence-corrected chi connectivity index (χ1v) is 5.76. The summed E-state index contributed by atoms with van der Waals surface area (Å²) in [7, 11) is 0. The highest BCUT2D eigenvalue weighted by molar-refractivity contribution is 5.68. The van der Waals surface area contributed by atoms with Gasteiger partial charge in [0, 0.05) is 19.0 Å². The second-order valence-corrected chi connectivity index (χ2v) is 5.31. The predicted octanol–water partition coefficient (Wildman–Crippen LogP) is 2.04. The summed E-state index contributed by atoms with van der Waals surface area (Å²) < 4.78 is 4.99. The van der Waals surface area contributed by atoms with E-state index in [0.29, 0.717) is 12.0 Å². The van der Waals surface area contributed by atoms with Crippen LogP contribution in [0, 0.1) is 17.3 Å². The summed E-state index contributed by atoms with van der Waals surface area (Å²) >= 11 is 0. The number of hydrogen-bond donors (Lipinski definition) is 0. The Labute approximate surface area is 90.1 Å². The van der Waals surface area contributed by atoms with Crippen molar-refractivity contribution < 1.29 is 9.53 Å². The van der Waals surface area contributed by atoms with Crippen LogP contribution in [0.1, 0.15) is 19.3 Å². The van der Waals surface area contributed by atoms with Gasteiger partial charge in [0.25, 0.3) is 0 Å². The molecule has 82 valence electrons. The van der Waals surface area contributed by atoms with Crippen molar-refractivity contribution in [2.75, 3.05) is 19.7 Å². The number of rotatable bonds is 3. The van der Waals surface area contributed by atoms with Crippen molar-refractivity contribution in [2.24, 2.45) is 17.3 Å². The van der Waals surface area contributed by atoms with Crippen LogP contribution in [0.4, 0.5) is 4.79 Å². The van der Waals surface area contributed by atoms with E-state index >= 15 is 0 Å². The molecule has 3 saturated carbocycles. The minimum atomic E-state index is -0.169. The normalized spacial score (nSPS) is 37.3. The maximum atomic E-state index is 11.4. The van der Waals surface area contributed by atoms with Gasteiger partial charge in [-0.25, -0.2) is 4.79 Å². The fraction of sp³-hybridized carbons (Fsp3) is 0.750. The molecule has 0 aromatic rings. The third kappa shape index (κ3) is 1.22. The van der Waals surface area contributed by atoms with E-state index in [-0.39, 0.29) is 6.09 Å². The maximum Gasteiger partial charge on any atom is 0.410 e. The Morgan fingerprint density at radius 1 is 1.47 bits per heavy atom. The second-order valence-electron chi connectivity index (χ2n) is 5.31. The molecule has 0 radical (unpaired) electrons. The van der Waals surface area contributed by atoms with Gasteiger partial charge < -0.3 is 9.64 Å². The van der Waals surface area contributed by atoms with E-state index in [2.05, 4.69) is 6.58 Å². The second kappa shape index (κ2) is 3.00. The monoisotopic (exact) mass is 207 g/mol. The van der Waals surface area contributed by atoms with Gasteiger partial charge in [-0.1, -0.05) is 12.7 Å². The van der Waals surface area contributed by atoms with Crippen LogP contribution in [0.5, 0.6) is 0 Å². The van der Waals surface area contributed by atoms with Crippen molar-refractivity contribution in [3.8, 4) is 0 Å². The van der Waals surface area contributed by atoms with Crippen LogP contribution in [-0.2, 0) is 4.74 Å². The summed E-state index contributed by atoms with van der Waals surface area (Å²) in [5.74, 6) is 1.80. The van der Waals surface area contributed by atoms with Gasteiger partial charge in [-0.3, -0.25) is 0 Å². The van der Waals surface area contributed by atoms with Gasteiger partial charge in [-0.05, 0) is 30.6 Å². The van der Waals surface area contributed by atoms with E-state index in [4.69, 9.17) is 4.74 Å². The zero-order chi connectivity index (χ0) is 10.5. The van der Waals surface area contributed by atoms with Gasteiger partial charge in [0.2, 0.25) is 0 Å². The van der Waals surface area contributed by atoms with E-state index in [9.17, 15) is 4.79 Å². The van der Waals surface area contributed by atoms with Crippen molar-refractivity contribution in [3.05, 3.63) is 12.7 Å². The zero-order valence-corrected chi connectivity index (χ0v) is 8.95. The van der Waals surface area contributed by atoms with Gasteiger partial charge >= 0.3 is 6.09 Å². The van der Waals surface area contributed by atoms with Gasteiger partial charge in [-0.2, -0.15) is 0 Å². The van der Waals surface area contributed by atoms with Crippen LogP contribution in [-0.4, -0.2) is 30.7 Å². The minimum Gasteiger partial charge on any atom is -0.445 e. The van der Waals surface area contributed by atoms with E-state index < -0.39 is 0 Å². The third-order valence-electron chi connectivity index (χ3n) is 4.42. The minimum absolute atomic E-state index is 0.169. The molecule has 3 aliphatic carbocycles. The summed E-state index contributed by atoms with van der Waals surface area (Å²) in [6.45, 7) is 5.69. The highest BCUT2D eigenvalue weighted by Crippen LogP contribution is 2.69. The van der Waals surface area contributed by atoms with Gasteiger partial charge in [0.15, 0.2) is 0 Å². The Kier molecular flexibility index (Phi) is 1.85. The molecule has 2 bridgehead atoms. The van der Waals surface area contributed by atoms with Gasteiger partial charge in [0.05, 0.1) is 0 Å². The Morgan fingerprint density at radius 2 is 2.13 bits per heavy atom. The molecule has 1 heterocycles. The topological polar surface area (TPSA) is 29.5 Å². The van der Waals surface area contributed by atoms with Crippen molar-refractivity contribution in [3.63, 3.8) is 0 Å². The molecular formula is C12H17NO2. The number of ether oxygens (including phenoxy) is 1. The van der Waals surface area contributed by atoms with Crippen molar-refractivity contribution >= 4 is 6.09 Å². The third-order valence-corrected chi connectivity index (χ3v) is 4.42. The molecule has 3 heteroatoms. The molecule has 15 heavy (non-hydrogen) atoms. The number of amides is 1. The highest BCUT2D eigenvalue weighted by atomic mass is 16.6. The van der Waals surface area contributed by atoms with Crippen molar-refractivity contribution in [2.45, 2.75) is 19.3 Å². The molecule has 0 aromatic carbocycles. The lowest BCUT2D eigenvalue weighted by atomic mass is 9.39.